The number of thiophene rings is 1. The average Bonchev–Trinajstić information content (AvgIpc) is 2.91. The van der Waals surface area contributed by atoms with Gasteiger partial charge in [0.2, 0.25) is 0 Å². The summed E-state index contributed by atoms with van der Waals surface area (Å²) in [5.41, 5.74) is 6.13. The zero-order valence-electron chi connectivity index (χ0n) is 10.5. The summed E-state index contributed by atoms with van der Waals surface area (Å²) in [6.45, 7) is 0. The maximum absolute atomic E-state index is 10.9. The number of phenols is 1. The zero-order chi connectivity index (χ0) is 14.0. The molecule has 0 fully saturated rings. The second-order valence-electron chi connectivity index (χ2n) is 3.84. The van der Waals surface area contributed by atoms with Gasteiger partial charge in [-0.2, -0.15) is 0 Å². The highest BCUT2D eigenvalue weighted by Crippen LogP contribution is 2.39. The molecule has 0 radical (unpaired) electrons. The van der Waals surface area contributed by atoms with Crippen molar-refractivity contribution in [3.05, 3.63) is 50.2 Å². The quantitative estimate of drug-likeness (QED) is 0.667. The summed E-state index contributed by atoms with van der Waals surface area (Å²) in [5, 5.41) is 22.8. The molecule has 0 saturated heterocycles. The van der Waals surface area contributed by atoms with Crippen molar-refractivity contribution < 1.29 is 14.8 Å². The first-order valence-corrected chi connectivity index (χ1v) is 6.26. The van der Waals surface area contributed by atoms with Gasteiger partial charge < -0.3 is 15.6 Å². The number of aromatic hydroxyl groups is 1. The molecule has 1 atom stereocenters. The lowest BCUT2D eigenvalue weighted by Gasteiger charge is -2.14. The van der Waals surface area contributed by atoms with Gasteiger partial charge in [0.1, 0.15) is 0 Å². The summed E-state index contributed by atoms with van der Waals surface area (Å²) in [6.07, 6.45) is 0. The number of nitro benzene ring substituents is 1. The van der Waals surface area contributed by atoms with Gasteiger partial charge in [-0.05, 0) is 11.4 Å². The number of non-ortho nitro benzene ring substituents is 1. The second kappa shape index (κ2) is 6.56. The average molecular weight is 317 g/mol. The molecule has 0 aliphatic carbocycles. The fraction of sp³-hybridized carbons (Fsp3) is 0.167. The monoisotopic (exact) mass is 316 g/mol. The zero-order valence-corrected chi connectivity index (χ0v) is 12.1. The number of hydrogen-bond acceptors (Lipinski definition) is 6. The first-order valence-electron chi connectivity index (χ1n) is 5.39. The summed E-state index contributed by atoms with van der Waals surface area (Å²) in [7, 11) is 1.33. The lowest BCUT2D eigenvalue weighted by molar-refractivity contribution is -0.385. The summed E-state index contributed by atoms with van der Waals surface area (Å²) in [5.74, 6) is -0.134. The van der Waals surface area contributed by atoms with E-state index < -0.39 is 11.0 Å². The van der Waals surface area contributed by atoms with Crippen molar-refractivity contribution in [2.24, 2.45) is 5.73 Å². The van der Waals surface area contributed by atoms with Crippen LogP contribution in [0.25, 0.3) is 0 Å². The van der Waals surface area contributed by atoms with Gasteiger partial charge in [-0.25, -0.2) is 0 Å². The van der Waals surface area contributed by atoms with Crippen molar-refractivity contribution in [1.29, 1.82) is 0 Å². The lowest BCUT2D eigenvalue weighted by Crippen LogP contribution is -2.11. The summed E-state index contributed by atoms with van der Waals surface area (Å²) in [6, 6.07) is 5.43. The minimum Gasteiger partial charge on any atom is -0.504 e. The highest BCUT2D eigenvalue weighted by atomic mass is 35.5. The molecule has 108 valence electrons. The van der Waals surface area contributed by atoms with E-state index in [4.69, 9.17) is 10.5 Å². The van der Waals surface area contributed by atoms with Gasteiger partial charge in [0, 0.05) is 16.5 Å². The molecular weight excluding hydrogens is 304 g/mol. The lowest BCUT2D eigenvalue weighted by atomic mass is 10.0. The first kappa shape index (κ1) is 16.2. The Labute approximate surface area is 125 Å². The maximum atomic E-state index is 10.9. The van der Waals surface area contributed by atoms with Crippen molar-refractivity contribution in [3.8, 4) is 11.5 Å². The van der Waals surface area contributed by atoms with E-state index in [2.05, 4.69) is 0 Å². The summed E-state index contributed by atoms with van der Waals surface area (Å²) < 4.78 is 4.94. The molecule has 1 aromatic heterocycles. The predicted octanol–water partition coefficient (Wildman–Crippen LogP) is 2.84. The van der Waals surface area contributed by atoms with Crippen LogP contribution in [0.1, 0.15) is 16.5 Å². The van der Waals surface area contributed by atoms with Gasteiger partial charge in [0.25, 0.3) is 5.69 Å². The molecule has 0 amide bonds. The molecule has 0 bridgehead atoms. The Balaban J connectivity index is 0.00000200. The van der Waals surface area contributed by atoms with Crippen molar-refractivity contribution in [1.82, 2.24) is 0 Å². The topological polar surface area (TPSA) is 98.6 Å². The van der Waals surface area contributed by atoms with Gasteiger partial charge in [0.05, 0.1) is 24.1 Å². The van der Waals surface area contributed by atoms with Crippen molar-refractivity contribution in [3.63, 3.8) is 0 Å². The van der Waals surface area contributed by atoms with E-state index in [9.17, 15) is 15.2 Å². The van der Waals surface area contributed by atoms with Crippen LogP contribution in [-0.4, -0.2) is 17.1 Å². The van der Waals surface area contributed by atoms with Crippen LogP contribution in [0.4, 0.5) is 5.69 Å². The standard InChI is InChI=1S/C12H12N2O4S.ClH/c1-18-9-6-7(14(16)17)5-8(12(9)15)11(13)10-3-2-4-19-10;/h2-6,11,15H,13H2,1H3;1H/t11-;/m1./s1. The molecule has 8 heteroatoms. The third-order valence-corrected chi connectivity index (χ3v) is 3.66. The second-order valence-corrected chi connectivity index (χ2v) is 4.82. The fourth-order valence-corrected chi connectivity index (χ4v) is 2.48. The Kier molecular flexibility index (Phi) is 5.32. The van der Waals surface area contributed by atoms with Crippen LogP contribution < -0.4 is 10.5 Å². The van der Waals surface area contributed by atoms with Gasteiger partial charge in [-0.3, -0.25) is 10.1 Å². The first-order chi connectivity index (χ1) is 9.04. The van der Waals surface area contributed by atoms with E-state index in [0.717, 1.165) is 4.88 Å². The van der Waals surface area contributed by atoms with Crippen LogP contribution in [0.2, 0.25) is 0 Å². The van der Waals surface area contributed by atoms with Crippen LogP contribution in [0, 0.1) is 10.1 Å². The molecule has 2 rings (SSSR count). The molecule has 6 nitrogen and oxygen atoms in total. The van der Waals surface area contributed by atoms with Crippen LogP contribution in [-0.2, 0) is 0 Å². The number of methoxy groups -OCH3 is 1. The molecule has 0 unspecified atom stereocenters. The number of nitro groups is 1. The Bertz CT molecular complexity index is 604. The van der Waals surface area contributed by atoms with Gasteiger partial charge in [-0.1, -0.05) is 6.07 Å². The van der Waals surface area contributed by atoms with Crippen molar-refractivity contribution in [2.75, 3.05) is 7.11 Å². The summed E-state index contributed by atoms with van der Waals surface area (Å²) >= 11 is 1.42. The van der Waals surface area contributed by atoms with E-state index in [1.54, 1.807) is 6.07 Å². The van der Waals surface area contributed by atoms with E-state index in [-0.39, 0.29) is 35.2 Å². The van der Waals surface area contributed by atoms with Crippen molar-refractivity contribution in [2.45, 2.75) is 6.04 Å². The van der Waals surface area contributed by atoms with Crippen LogP contribution in [0.5, 0.6) is 11.5 Å². The Morgan fingerprint density at radius 2 is 2.20 bits per heavy atom. The van der Waals surface area contributed by atoms with E-state index in [1.165, 1.54) is 30.6 Å². The molecule has 1 heterocycles. The number of nitrogens with zero attached hydrogens (tertiary/aromatic N) is 1. The van der Waals surface area contributed by atoms with E-state index in [0.29, 0.717) is 0 Å². The Morgan fingerprint density at radius 1 is 1.50 bits per heavy atom. The van der Waals surface area contributed by atoms with E-state index in [1.807, 2.05) is 11.4 Å². The fourth-order valence-electron chi connectivity index (χ4n) is 1.73. The maximum Gasteiger partial charge on any atom is 0.273 e. The molecule has 0 spiro atoms. The smallest absolute Gasteiger partial charge is 0.273 e. The molecule has 0 saturated carbocycles. The third-order valence-electron chi connectivity index (χ3n) is 2.70. The molecule has 0 aliphatic rings. The highest BCUT2D eigenvalue weighted by molar-refractivity contribution is 7.10. The predicted molar refractivity (Wildman–Crippen MR) is 78.9 cm³/mol. The van der Waals surface area contributed by atoms with Gasteiger partial charge in [0.15, 0.2) is 11.5 Å². The minimum atomic E-state index is -0.631. The SMILES string of the molecule is COc1cc([N+](=O)[O-])cc([C@@H](N)c2cccs2)c1O.Cl. The Morgan fingerprint density at radius 3 is 2.70 bits per heavy atom. The third kappa shape index (κ3) is 3.01. The normalized spacial score (nSPS) is 11.5. The van der Waals surface area contributed by atoms with Crippen LogP contribution in [0.15, 0.2) is 29.6 Å². The molecule has 20 heavy (non-hydrogen) atoms. The number of hydrogen-bond donors (Lipinski definition) is 2. The summed E-state index contributed by atoms with van der Waals surface area (Å²) in [4.78, 5) is 11.1. The number of ether oxygens (including phenoxy) is 1. The van der Waals surface area contributed by atoms with Crippen LogP contribution in [0.3, 0.4) is 0 Å². The van der Waals surface area contributed by atoms with Gasteiger partial charge >= 0.3 is 0 Å². The molecule has 0 aliphatic heterocycles. The molecule has 2 aromatic rings. The number of benzene rings is 1. The molecule has 1 aromatic carbocycles. The molecule has 3 N–H and O–H groups in total. The number of phenolic OH excluding ortho intramolecular Hbond substituents is 1. The van der Waals surface area contributed by atoms with Gasteiger partial charge in [-0.15, -0.1) is 23.7 Å². The molecular formula is C12H13ClN2O4S. The largest absolute Gasteiger partial charge is 0.504 e. The van der Waals surface area contributed by atoms with Crippen molar-refractivity contribution >= 4 is 29.4 Å². The Hall–Kier alpha value is -1.83. The number of nitrogens with two attached hydrogens (primary N) is 1. The number of rotatable bonds is 4. The number of halogens is 1. The minimum absolute atomic E-state index is 0. The highest BCUT2D eigenvalue weighted by Gasteiger charge is 2.22. The van der Waals surface area contributed by atoms with Crippen LogP contribution >= 0.6 is 23.7 Å². The van der Waals surface area contributed by atoms with E-state index >= 15 is 0 Å².